The van der Waals surface area contributed by atoms with Crippen LogP contribution in [0.15, 0.2) is 53.5 Å². The van der Waals surface area contributed by atoms with E-state index in [0.717, 1.165) is 5.56 Å². The predicted molar refractivity (Wildman–Crippen MR) is 108 cm³/mol. The molecule has 0 aromatic heterocycles. The maximum absolute atomic E-state index is 12.8. The molecule has 158 valence electrons. The lowest BCUT2D eigenvalue weighted by atomic mass is 10.0. The van der Waals surface area contributed by atoms with Crippen LogP contribution in [-0.4, -0.2) is 30.8 Å². The first-order valence-corrected chi connectivity index (χ1v) is 9.44. The van der Waals surface area contributed by atoms with Crippen LogP contribution in [-0.2, 0) is 9.59 Å². The molecule has 1 heterocycles. The Bertz CT molecular complexity index is 948. The molecule has 0 aliphatic carbocycles. The number of nitrogens with one attached hydrogen (secondary N) is 2. The van der Waals surface area contributed by atoms with Crippen LogP contribution in [0.1, 0.15) is 30.5 Å². The minimum atomic E-state index is -2.97. The van der Waals surface area contributed by atoms with Crippen molar-refractivity contribution in [2.45, 2.75) is 32.9 Å². The van der Waals surface area contributed by atoms with Gasteiger partial charge in [-0.3, -0.25) is 20.0 Å². The third-order valence-electron chi connectivity index (χ3n) is 4.57. The lowest BCUT2D eigenvalue weighted by molar-refractivity contribution is -0.118. The highest BCUT2D eigenvalue weighted by Crippen LogP contribution is 2.28. The van der Waals surface area contributed by atoms with E-state index in [4.69, 9.17) is 0 Å². The van der Waals surface area contributed by atoms with Gasteiger partial charge in [0.15, 0.2) is 0 Å². The van der Waals surface area contributed by atoms with Crippen molar-refractivity contribution in [3.05, 3.63) is 59.7 Å². The predicted octanol–water partition coefficient (Wildman–Crippen LogP) is 3.11. The number of carbonyl (C=O) groups is 2. The molecular formula is C21H22F2N4O3. The van der Waals surface area contributed by atoms with Crippen LogP contribution >= 0.6 is 0 Å². The highest BCUT2D eigenvalue weighted by Gasteiger charge is 2.27. The molecule has 9 heteroatoms. The number of amides is 2. The van der Waals surface area contributed by atoms with Gasteiger partial charge in [0, 0.05) is 5.56 Å². The molecule has 0 radical (unpaired) electrons. The van der Waals surface area contributed by atoms with Crippen LogP contribution in [0.25, 0.3) is 0 Å². The van der Waals surface area contributed by atoms with E-state index in [2.05, 4.69) is 20.5 Å². The van der Waals surface area contributed by atoms with Crippen molar-refractivity contribution in [3.63, 3.8) is 0 Å². The summed E-state index contributed by atoms with van der Waals surface area (Å²) in [6.45, 7) is 0.571. The van der Waals surface area contributed by atoms with Gasteiger partial charge in [0.2, 0.25) is 5.84 Å². The zero-order chi connectivity index (χ0) is 21.7. The number of aliphatic imine (C=N–C) groups is 1. The van der Waals surface area contributed by atoms with Gasteiger partial charge in [-0.25, -0.2) is 5.01 Å². The monoisotopic (exact) mass is 416 g/mol. The minimum absolute atomic E-state index is 0.00495. The summed E-state index contributed by atoms with van der Waals surface area (Å²) < 4.78 is 30.0. The van der Waals surface area contributed by atoms with E-state index in [1.807, 2.05) is 26.0 Å². The van der Waals surface area contributed by atoms with Crippen LogP contribution in [0.4, 0.5) is 14.5 Å². The summed E-state index contributed by atoms with van der Waals surface area (Å²) in [5, 5.41) is 4.03. The molecule has 1 aliphatic rings. The molecule has 3 rings (SSSR count). The summed E-state index contributed by atoms with van der Waals surface area (Å²) in [4.78, 5) is 29.0. The summed E-state index contributed by atoms with van der Waals surface area (Å²) in [7, 11) is 0. The third kappa shape index (κ3) is 4.91. The molecule has 0 fully saturated rings. The molecule has 30 heavy (non-hydrogen) atoms. The Hall–Kier alpha value is -3.49. The number of carbonyl (C=O) groups excluding carboxylic acids is 2. The van der Waals surface area contributed by atoms with Crippen molar-refractivity contribution in [2.75, 3.05) is 11.6 Å². The van der Waals surface area contributed by atoms with Gasteiger partial charge >= 0.3 is 6.61 Å². The second kappa shape index (κ2) is 9.34. The summed E-state index contributed by atoms with van der Waals surface area (Å²) in [6.07, 6.45) is 0.434. The van der Waals surface area contributed by atoms with Crippen molar-refractivity contribution in [1.82, 2.24) is 10.7 Å². The van der Waals surface area contributed by atoms with Gasteiger partial charge in [0.1, 0.15) is 12.3 Å². The lowest BCUT2D eigenvalue weighted by Crippen LogP contribution is -2.56. The molecule has 0 saturated carbocycles. The number of benzene rings is 2. The first-order valence-electron chi connectivity index (χ1n) is 9.44. The number of halogens is 2. The highest BCUT2D eigenvalue weighted by molar-refractivity contribution is 6.39. The van der Waals surface area contributed by atoms with E-state index in [9.17, 15) is 18.4 Å². The number of para-hydroxylation sites is 1. The van der Waals surface area contributed by atoms with Gasteiger partial charge in [-0.05, 0) is 31.5 Å². The average Bonchev–Trinajstić information content (AvgIpc) is 2.73. The molecule has 2 amide bonds. The quantitative estimate of drug-likeness (QED) is 0.727. The Kier molecular flexibility index (Phi) is 6.61. The average molecular weight is 416 g/mol. The second-order valence-electron chi connectivity index (χ2n) is 6.69. The first-order chi connectivity index (χ1) is 14.4. The Balaban J connectivity index is 1.76. The second-order valence-corrected chi connectivity index (χ2v) is 6.69. The minimum Gasteiger partial charge on any atom is -0.434 e. The maximum atomic E-state index is 12.8. The van der Waals surface area contributed by atoms with Gasteiger partial charge < -0.3 is 10.1 Å². The number of anilines is 1. The van der Waals surface area contributed by atoms with Crippen molar-refractivity contribution in [3.8, 4) is 5.75 Å². The van der Waals surface area contributed by atoms with Gasteiger partial charge in [0.05, 0.1) is 11.7 Å². The van der Waals surface area contributed by atoms with Crippen LogP contribution in [0, 0.1) is 6.92 Å². The van der Waals surface area contributed by atoms with Crippen LogP contribution in [0.3, 0.4) is 0 Å². The fraction of sp³-hybridized carbons (Fsp3) is 0.286. The van der Waals surface area contributed by atoms with E-state index < -0.39 is 18.6 Å². The van der Waals surface area contributed by atoms with Gasteiger partial charge in [-0.2, -0.15) is 8.78 Å². The summed E-state index contributed by atoms with van der Waals surface area (Å²) in [6, 6.07) is 12.9. The number of rotatable bonds is 7. The molecule has 7 nitrogen and oxygen atoms in total. The molecule has 1 aliphatic heterocycles. The SMILES string of the molecule is CCC(NC(=O)C1=NCC(=O)N(c2ccc(C)cc2)N1)c1ccccc1OC(F)F. The van der Waals surface area contributed by atoms with Crippen molar-refractivity contribution < 1.29 is 23.1 Å². The molecule has 2 N–H and O–H groups in total. The number of ether oxygens (including phenoxy) is 1. The molecule has 1 unspecified atom stereocenters. The van der Waals surface area contributed by atoms with Crippen molar-refractivity contribution in [1.29, 1.82) is 0 Å². The zero-order valence-corrected chi connectivity index (χ0v) is 16.6. The molecule has 2 aromatic rings. The fourth-order valence-corrected chi connectivity index (χ4v) is 3.04. The van der Waals surface area contributed by atoms with Gasteiger partial charge in [0.25, 0.3) is 11.8 Å². The number of hydrogen-bond donors (Lipinski definition) is 2. The number of nitrogens with zero attached hydrogens (tertiary/aromatic N) is 2. The molecular weight excluding hydrogens is 394 g/mol. The highest BCUT2D eigenvalue weighted by atomic mass is 19.3. The molecule has 0 spiro atoms. The number of hydrogen-bond acceptors (Lipinski definition) is 5. The van der Waals surface area contributed by atoms with E-state index in [1.165, 1.54) is 11.1 Å². The summed E-state index contributed by atoms with van der Waals surface area (Å²) in [5.74, 6) is -0.910. The Labute approximate surface area is 172 Å². The van der Waals surface area contributed by atoms with Crippen LogP contribution in [0.2, 0.25) is 0 Å². The van der Waals surface area contributed by atoms with E-state index in [0.29, 0.717) is 17.7 Å². The third-order valence-corrected chi connectivity index (χ3v) is 4.57. The molecule has 0 bridgehead atoms. The van der Waals surface area contributed by atoms with E-state index >= 15 is 0 Å². The number of amidine groups is 1. The summed E-state index contributed by atoms with van der Waals surface area (Å²) >= 11 is 0. The largest absolute Gasteiger partial charge is 0.434 e. The number of aryl methyl sites for hydroxylation is 1. The topological polar surface area (TPSA) is 83.0 Å². The van der Waals surface area contributed by atoms with Gasteiger partial charge in [-0.1, -0.05) is 42.8 Å². The molecule has 2 aromatic carbocycles. The Morgan fingerprint density at radius 1 is 1.23 bits per heavy atom. The zero-order valence-electron chi connectivity index (χ0n) is 16.6. The molecule has 0 saturated heterocycles. The van der Waals surface area contributed by atoms with Crippen LogP contribution < -0.4 is 20.5 Å². The smallest absolute Gasteiger partial charge is 0.387 e. The Morgan fingerprint density at radius 3 is 2.60 bits per heavy atom. The summed E-state index contributed by atoms with van der Waals surface area (Å²) in [5.41, 5.74) is 4.77. The number of hydrazine groups is 1. The standard InChI is InChI=1S/C21H22F2N4O3/c1-3-16(15-6-4-5-7-17(15)30-21(22)23)25-20(29)19-24-12-18(28)27(26-19)14-10-8-13(2)9-11-14/h4-11,16,21H,3,12H2,1-2H3,(H,24,26)(H,25,29). The van der Waals surface area contributed by atoms with E-state index in [1.54, 1.807) is 30.3 Å². The number of alkyl halides is 2. The fourth-order valence-electron chi connectivity index (χ4n) is 3.04. The Morgan fingerprint density at radius 2 is 1.93 bits per heavy atom. The maximum Gasteiger partial charge on any atom is 0.387 e. The van der Waals surface area contributed by atoms with E-state index in [-0.39, 0.29) is 24.0 Å². The first kappa shape index (κ1) is 21.2. The van der Waals surface area contributed by atoms with Crippen LogP contribution in [0.5, 0.6) is 5.75 Å². The van der Waals surface area contributed by atoms with Gasteiger partial charge in [-0.15, -0.1) is 0 Å². The molecule has 1 atom stereocenters. The van der Waals surface area contributed by atoms with Crippen molar-refractivity contribution >= 4 is 23.3 Å². The normalized spacial score (nSPS) is 14.8. The van der Waals surface area contributed by atoms with Crippen molar-refractivity contribution in [2.24, 2.45) is 4.99 Å². The lowest BCUT2D eigenvalue weighted by Gasteiger charge is -2.28.